The zero-order valence-corrected chi connectivity index (χ0v) is 18.0. The van der Waals surface area contributed by atoms with Gasteiger partial charge in [-0.25, -0.2) is 14.0 Å². The molecule has 0 aromatic heterocycles. The normalized spacial score (nSPS) is 11.4. The van der Waals surface area contributed by atoms with E-state index >= 15 is 0 Å². The van der Waals surface area contributed by atoms with Crippen LogP contribution in [-0.4, -0.2) is 36.4 Å². The molecule has 0 aliphatic carbocycles. The summed E-state index contributed by atoms with van der Waals surface area (Å²) in [5, 5.41) is 4.83. The van der Waals surface area contributed by atoms with Crippen LogP contribution in [0.25, 0.3) is 0 Å². The standard InChI is InChI=1S/C23H25FN2O6/c1-14(2)21(26-23(30)32-12-16-7-5-4-6-8-16)22(29)31-13-20(28)18-10-9-17(11-19(18)24)25-15(3)27/h4-11,14,21H,12-13H2,1-3H3,(H,25,27)(H,26,30)/t21-/m0/s1. The second kappa shape index (κ2) is 11.6. The first-order chi connectivity index (χ1) is 15.2. The lowest BCUT2D eigenvalue weighted by Gasteiger charge is -2.20. The lowest BCUT2D eigenvalue weighted by Crippen LogP contribution is -2.45. The van der Waals surface area contributed by atoms with Crippen LogP contribution in [-0.2, 0) is 25.7 Å². The van der Waals surface area contributed by atoms with E-state index in [0.717, 1.165) is 11.6 Å². The highest BCUT2D eigenvalue weighted by molar-refractivity contribution is 5.99. The molecule has 2 aromatic carbocycles. The molecule has 8 nitrogen and oxygen atoms in total. The van der Waals surface area contributed by atoms with Crippen molar-refractivity contribution in [2.45, 2.75) is 33.4 Å². The molecule has 0 radical (unpaired) electrons. The van der Waals surface area contributed by atoms with Gasteiger partial charge in [0.15, 0.2) is 6.61 Å². The van der Waals surface area contributed by atoms with E-state index < -0.39 is 36.3 Å². The van der Waals surface area contributed by atoms with Crippen molar-refractivity contribution in [1.29, 1.82) is 0 Å². The van der Waals surface area contributed by atoms with Crippen molar-refractivity contribution < 1.29 is 33.0 Å². The van der Waals surface area contributed by atoms with E-state index in [9.17, 15) is 23.6 Å². The van der Waals surface area contributed by atoms with Gasteiger partial charge in [-0.3, -0.25) is 9.59 Å². The van der Waals surface area contributed by atoms with Gasteiger partial charge >= 0.3 is 12.1 Å². The van der Waals surface area contributed by atoms with Crippen LogP contribution in [0.4, 0.5) is 14.9 Å². The third kappa shape index (κ3) is 7.50. The summed E-state index contributed by atoms with van der Waals surface area (Å²) in [5.74, 6) is -3.21. The average molecular weight is 444 g/mol. The Morgan fingerprint density at radius 3 is 2.28 bits per heavy atom. The SMILES string of the molecule is CC(=O)Nc1ccc(C(=O)COC(=O)[C@@H](NC(=O)OCc2ccccc2)C(C)C)c(F)c1. The number of amides is 2. The minimum atomic E-state index is -1.06. The van der Waals surface area contributed by atoms with Gasteiger partial charge in [-0.15, -0.1) is 0 Å². The van der Waals surface area contributed by atoms with Crippen LogP contribution < -0.4 is 10.6 Å². The van der Waals surface area contributed by atoms with Gasteiger partial charge in [0.2, 0.25) is 11.7 Å². The monoisotopic (exact) mass is 444 g/mol. The third-order valence-corrected chi connectivity index (χ3v) is 4.34. The number of anilines is 1. The maximum atomic E-state index is 14.2. The predicted molar refractivity (Wildman–Crippen MR) is 114 cm³/mol. The molecule has 0 spiro atoms. The van der Waals surface area contributed by atoms with Crippen LogP contribution in [0.15, 0.2) is 48.5 Å². The highest BCUT2D eigenvalue weighted by Gasteiger charge is 2.27. The van der Waals surface area contributed by atoms with Gasteiger partial charge in [-0.2, -0.15) is 0 Å². The molecule has 32 heavy (non-hydrogen) atoms. The number of hydrogen-bond donors (Lipinski definition) is 2. The molecular weight excluding hydrogens is 419 g/mol. The van der Waals surface area contributed by atoms with Crippen LogP contribution >= 0.6 is 0 Å². The number of hydrogen-bond acceptors (Lipinski definition) is 6. The van der Waals surface area contributed by atoms with Gasteiger partial charge in [0, 0.05) is 12.6 Å². The van der Waals surface area contributed by atoms with Crippen molar-refractivity contribution >= 4 is 29.4 Å². The Bertz CT molecular complexity index is 978. The Morgan fingerprint density at radius 1 is 1.00 bits per heavy atom. The zero-order chi connectivity index (χ0) is 23.7. The summed E-state index contributed by atoms with van der Waals surface area (Å²) in [6.45, 7) is 3.96. The molecule has 0 saturated heterocycles. The molecule has 2 aromatic rings. The zero-order valence-electron chi connectivity index (χ0n) is 18.0. The summed E-state index contributed by atoms with van der Waals surface area (Å²) in [7, 11) is 0. The Hall–Kier alpha value is -3.75. The molecule has 2 rings (SSSR count). The quantitative estimate of drug-likeness (QED) is 0.453. The topological polar surface area (TPSA) is 111 Å². The van der Waals surface area contributed by atoms with Crippen LogP contribution in [0.1, 0.15) is 36.7 Å². The van der Waals surface area contributed by atoms with E-state index in [0.29, 0.717) is 0 Å². The number of esters is 1. The number of ketones is 1. The predicted octanol–water partition coefficient (Wildman–Crippen LogP) is 3.46. The summed E-state index contributed by atoms with van der Waals surface area (Å²) >= 11 is 0. The first-order valence-electron chi connectivity index (χ1n) is 9.91. The lowest BCUT2D eigenvalue weighted by molar-refractivity contribution is -0.146. The van der Waals surface area contributed by atoms with Gasteiger partial charge in [-0.05, 0) is 29.7 Å². The fraction of sp³-hybridized carbons (Fsp3) is 0.304. The average Bonchev–Trinajstić information content (AvgIpc) is 2.74. The van der Waals surface area contributed by atoms with E-state index in [1.807, 2.05) is 6.07 Å². The Kier molecular flexibility index (Phi) is 8.88. The Labute approximate surface area is 185 Å². The molecule has 0 aliphatic rings. The molecule has 0 aliphatic heterocycles. The Morgan fingerprint density at radius 2 is 1.69 bits per heavy atom. The van der Waals surface area contributed by atoms with Crippen LogP contribution in [0.5, 0.6) is 0 Å². The maximum Gasteiger partial charge on any atom is 0.408 e. The summed E-state index contributed by atoms with van der Waals surface area (Å²) in [6.07, 6.45) is -0.810. The fourth-order valence-corrected chi connectivity index (χ4v) is 2.72. The number of nitrogens with one attached hydrogen (secondary N) is 2. The lowest BCUT2D eigenvalue weighted by atomic mass is 10.1. The van der Waals surface area contributed by atoms with E-state index in [-0.39, 0.29) is 29.7 Å². The number of Topliss-reactive ketones (excluding diaryl/α,β-unsaturated/α-hetero) is 1. The first kappa shape index (κ1) is 24.5. The van der Waals surface area contributed by atoms with Crippen LogP contribution in [0, 0.1) is 11.7 Å². The highest BCUT2D eigenvalue weighted by atomic mass is 19.1. The van der Waals surface area contributed by atoms with Crippen molar-refractivity contribution in [3.8, 4) is 0 Å². The van der Waals surface area contributed by atoms with E-state index in [1.54, 1.807) is 38.1 Å². The van der Waals surface area contributed by atoms with Gasteiger partial charge in [0.1, 0.15) is 18.5 Å². The number of benzene rings is 2. The number of carbonyl (C=O) groups excluding carboxylic acids is 4. The molecule has 0 bridgehead atoms. The summed E-state index contributed by atoms with van der Waals surface area (Å²) < 4.78 is 24.3. The molecule has 0 heterocycles. The van der Waals surface area contributed by atoms with E-state index in [1.165, 1.54) is 19.1 Å². The second-order valence-electron chi connectivity index (χ2n) is 7.33. The molecule has 2 amide bonds. The summed E-state index contributed by atoms with van der Waals surface area (Å²) in [5.41, 5.74) is 0.688. The van der Waals surface area contributed by atoms with Crippen molar-refractivity contribution in [1.82, 2.24) is 5.32 Å². The van der Waals surface area contributed by atoms with Gasteiger partial charge in [-0.1, -0.05) is 44.2 Å². The van der Waals surface area contributed by atoms with Gasteiger partial charge in [0.25, 0.3) is 0 Å². The minimum Gasteiger partial charge on any atom is -0.456 e. The first-order valence-corrected chi connectivity index (χ1v) is 9.91. The number of alkyl carbamates (subject to hydrolysis) is 1. The van der Waals surface area contributed by atoms with Crippen molar-refractivity contribution in [3.05, 3.63) is 65.5 Å². The Balaban J connectivity index is 1.91. The molecule has 9 heteroatoms. The van der Waals surface area contributed by atoms with E-state index in [2.05, 4.69) is 10.6 Å². The molecule has 0 fully saturated rings. The van der Waals surface area contributed by atoms with Crippen LogP contribution in [0.3, 0.4) is 0 Å². The van der Waals surface area contributed by atoms with Crippen molar-refractivity contribution in [3.63, 3.8) is 0 Å². The molecule has 2 N–H and O–H groups in total. The van der Waals surface area contributed by atoms with Crippen molar-refractivity contribution in [2.24, 2.45) is 5.92 Å². The number of rotatable bonds is 9. The molecular formula is C23H25FN2O6. The smallest absolute Gasteiger partial charge is 0.408 e. The molecule has 1 atom stereocenters. The number of ether oxygens (including phenoxy) is 2. The number of halogens is 1. The van der Waals surface area contributed by atoms with Gasteiger partial charge < -0.3 is 20.1 Å². The summed E-state index contributed by atoms with van der Waals surface area (Å²) in [6, 6.07) is 11.5. The molecule has 0 unspecified atom stereocenters. The third-order valence-electron chi connectivity index (χ3n) is 4.34. The maximum absolute atomic E-state index is 14.2. The molecule has 0 saturated carbocycles. The summed E-state index contributed by atoms with van der Waals surface area (Å²) in [4.78, 5) is 47.8. The minimum absolute atomic E-state index is 0.0266. The largest absolute Gasteiger partial charge is 0.456 e. The number of carbonyl (C=O) groups is 4. The highest BCUT2D eigenvalue weighted by Crippen LogP contribution is 2.16. The fourth-order valence-electron chi connectivity index (χ4n) is 2.72. The van der Waals surface area contributed by atoms with Gasteiger partial charge in [0.05, 0.1) is 5.56 Å². The van der Waals surface area contributed by atoms with Crippen LogP contribution in [0.2, 0.25) is 0 Å². The second-order valence-corrected chi connectivity index (χ2v) is 7.33. The van der Waals surface area contributed by atoms with Crippen molar-refractivity contribution in [2.75, 3.05) is 11.9 Å². The van der Waals surface area contributed by atoms with E-state index in [4.69, 9.17) is 9.47 Å². The molecule has 170 valence electrons.